The quantitative estimate of drug-likeness (QED) is 0.824. The molecule has 0 amide bonds. The Bertz CT molecular complexity index is 429. The number of hydrogen-bond acceptors (Lipinski definition) is 2. The predicted molar refractivity (Wildman–Crippen MR) is 81.5 cm³/mol. The first-order chi connectivity index (χ1) is 9.31. The molecule has 104 valence electrons. The van der Waals surface area contributed by atoms with Gasteiger partial charge in [0.1, 0.15) is 0 Å². The predicted octanol–water partition coefficient (Wildman–Crippen LogP) is 3.35. The highest BCUT2D eigenvalue weighted by atomic mass is 15.2. The van der Waals surface area contributed by atoms with E-state index >= 15 is 0 Å². The molecule has 1 saturated carbocycles. The third-order valence-corrected chi connectivity index (χ3v) is 5.04. The van der Waals surface area contributed by atoms with Gasteiger partial charge in [0.05, 0.1) is 0 Å². The maximum absolute atomic E-state index is 6.07. The first kappa shape index (κ1) is 13.0. The minimum atomic E-state index is 0.634. The molecule has 1 fully saturated rings. The average Bonchev–Trinajstić information content (AvgIpc) is 2.61. The van der Waals surface area contributed by atoms with Gasteiger partial charge in [-0.15, -0.1) is 0 Å². The molecule has 0 bridgehead atoms. The number of para-hydroxylation sites is 1. The zero-order valence-corrected chi connectivity index (χ0v) is 12.0. The van der Waals surface area contributed by atoms with Crippen LogP contribution in [0.15, 0.2) is 24.3 Å². The number of benzene rings is 1. The minimum Gasteiger partial charge on any atom is -0.365 e. The smallest absolute Gasteiger partial charge is 0.0404 e. The van der Waals surface area contributed by atoms with Gasteiger partial charge in [0.15, 0.2) is 0 Å². The Morgan fingerprint density at radius 1 is 1.16 bits per heavy atom. The van der Waals surface area contributed by atoms with Crippen molar-refractivity contribution in [3.8, 4) is 0 Å². The molecular weight excluding hydrogens is 232 g/mol. The van der Waals surface area contributed by atoms with Gasteiger partial charge in [-0.1, -0.05) is 37.5 Å². The van der Waals surface area contributed by atoms with Gasteiger partial charge >= 0.3 is 0 Å². The fourth-order valence-corrected chi connectivity index (χ4v) is 4.10. The van der Waals surface area contributed by atoms with E-state index in [0.717, 1.165) is 6.54 Å². The van der Waals surface area contributed by atoms with Crippen LogP contribution < -0.4 is 10.6 Å². The highest BCUT2D eigenvalue weighted by molar-refractivity contribution is 5.60. The van der Waals surface area contributed by atoms with E-state index in [-0.39, 0.29) is 0 Å². The maximum Gasteiger partial charge on any atom is 0.0404 e. The van der Waals surface area contributed by atoms with Crippen LogP contribution in [0.1, 0.15) is 44.6 Å². The molecule has 19 heavy (non-hydrogen) atoms. The van der Waals surface area contributed by atoms with Gasteiger partial charge in [-0.25, -0.2) is 0 Å². The summed E-state index contributed by atoms with van der Waals surface area (Å²) in [7, 11) is 0. The molecule has 0 saturated heterocycles. The fourth-order valence-electron chi connectivity index (χ4n) is 4.10. The largest absolute Gasteiger partial charge is 0.365 e. The van der Waals surface area contributed by atoms with E-state index in [1.54, 1.807) is 0 Å². The lowest BCUT2D eigenvalue weighted by molar-refractivity contribution is 0.368. The Kier molecular flexibility index (Phi) is 3.79. The molecule has 2 N–H and O–H groups in total. The van der Waals surface area contributed by atoms with Crippen molar-refractivity contribution >= 4 is 5.69 Å². The Morgan fingerprint density at radius 2 is 1.95 bits per heavy atom. The summed E-state index contributed by atoms with van der Waals surface area (Å²) in [5, 5.41) is 0. The minimum absolute atomic E-state index is 0.634. The summed E-state index contributed by atoms with van der Waals surface area (Å²) in [5.41, 5.74) is 9.07. The molecular formula is C17H26N2. The number of nitrogens with two attached hydrogens (primary N) is 1. The van der Waals surface area contributed by atoms with Crippen molar-refractivity contribution in [1.82, 2.24) is 0 Å². The van der Waals surface area contributed by atoms with Gasteiger partial charge < -0.3 is 10.6 Å². The number of nitrogens with zero attached hydrogens (tertiary/aromatic N) is 1. The van der Waals surface area contributed by atoms with Crippen LogP contribution in [0.5, 0.6) is 0 Å². The fraction of sp³-hybridized carbons (Fsp3) is 0.647. The van der Waals surface area contributed by atoms with Crippen LogP contribution in [0, 0.1) is 5.92 Å². The topological polar surface area (TPSA) is 29.3 Å². The van der Waals surface area contributed by atoms with Gasteiger partial charge in [0.2, 0.25) is 0 Å². The Hall–Kier alpha value is -1.02. The SMILES string of the molecule is CC1Cc2ccccc2N1C1CCCCCC1CN. The standard InChI is InChI=1S/C17H26N2/c1-13-11-14-7-5-6-10-16(14)19(13)17-9-4-2-3-8-15(17)12-18/h5-7,10,13,15,17H,2-4,8-9,11-12,18H2,1H3. The van der Waals surface area contributed by atoms with Gasteiger partial charge in [-0.2, -0.15) is 0 Å². The summed E-state index contributed by atoms with van der Waals surface area (Å²) >= 11 is 0. The number of hydrogen-bond donors (Lipinski definition) is 1. The van der Waals surface area contributed by atoms with Crippen molar-refractivity contribution in [3.05, 3.63) is 29.8 Å². The Balaban J connectivity index is 1.91. The van der Waals surface area contributed by atoms with Gasteiger partial charge in [0.25, 0.3) is 0 Å². The molecule has 1 aromatic rings. The molecule has 2 heteroatoms. The van der Waals surface area contributed by atoms with Crippen LogP contribution in [0.2, 0.25) is 0 Å². The third kappa shape index (κ3) is 2.38. The number of fused-ring (bicyclic) bond motifs is 1. The second-order valence-corrected chi connectivity index (χ2v) is 6.29. The molecule has 1 aliphatic heterocycles. The summed E-state index contributed by atoms with van der Waals surface area (Å²) in [6, 6.07) is 10.2. The molecule has 0 spiro atoms. The van der Waals surface area contributed by atoms with Gasteiger partial charge in [-0.3, -0.25) is 0 Å². The van der Waals surface area contributed by atoms with Crippen LogP contribution in [-0.4, -0.2) is 18.6 Å². The zero-order valence-electron chi connectivity index (χ0n) is 12.0. The summed E-state index contributed by atoms with van der Waals surface area (Å²) in [4.78, 5) is 2.69. The van der Waals surface area contributed by atoms with Crippen molar-refractivity contribution in [3.63, 3.8) is 0 Å². The summed E-state index contributed by atoms with van der Waals surface area (Å²) in [6.45, 7) is 3.22. The highest BCUT2D eigenvalue weighted by Crippen LogP contribution is 2.38. The van der Waals surface area contributed by atoms with E-state index in [1.807, 2.05) is 0 Å². The van der Waals surface area contributed by atoms with Crippen molar-refractivity contribution in [2.75, 3.05) is 11.4 Å². The second-order valence-electron chi connectivity index (χ2n) is 6.29. The van der Waals surface area contributed by atoms with Crippen molar-refractivity contribution < 1.29 is 0 Å². The normalized spacial score (nSPS) is 31.1. The lowest BCUT2D eigenvalue weighted by Gasteiger charge is -2.38. The third-order valence-electron chi connectivity index (χ3n) is 5.04. The maximum atomic E-state index is 6.07. The first-order valence-electron chi connectivity index (χ1n) is 7.87. The van der Waals surface area contributed by atoms with Crippen LogP contribution >= 0.6 is 0 Å². The number of anilines is 1. The molecule has 0 radical (unpaired) electrons. The molecule has 3 unspecified atom stereocenters. The van der Waals surface area contributed by atoms with Crippen LogP contribution in [-0.2, 0) is 6.42 Å². The van der Waals surface area contributed by atoms with E-state index in [4.69, 9.17) is 5.73 Å². The van der Waals surface area contributed by atoms with Gasteiger partial charge in [0, 0.05) is 17.8 Å². The molecule has 3 atom stereocenters. The Labute approximate surface area is 117 Å². The van der Waals surface area contributed by atoms with E-state index in [1.165, 1.54) is 49.8 Å². The van der Waals surface area contributed by atoms with E-state index in [0.29, 0.717) is 18.0 Å². The molecule has 1 aliphatic carbocycles. The molecule has 0 aromatic heterocycles. The first-order valence-corrected chi connectivity index (χ1v) is 7.87. The monoisotopic (exact) mass is 258 g/mol. The highest BCUT2D eigenvalue weighted by Gasteiger charge is 2.35. The molecule has 2 aliphatic rings. The Morgan fingerprint density at radius 3 is 2.79 bits per heavy atom. The zero-order chi connectivity index (χ0) is 13.2. The molecule has 3 rings (SSSR count). The lowest BCUT2D eigenvalue weighted by Crippen LogP contribution is -2.45. The summed E-state index contributed by atoms with van der Waals surface area (Å²) in [6.07, 6.45) is 7.95. The van der Waals surface area contributed by atoms with Crippen LogP contribution in [0.25, 0.3) is 0 Å². The second kappa shape index (κ2) is 5.54. The van der Waals surface area contributed by atoms with E-state index < -0.39 is 0 Å². The van der Waals surface area contributed by atoms with Crippen LogP contribution in [0.3, 0.4) is 0 Å². The van der Waals surface area contributed by atoms with Crippen molar-refractivity contribution in [1.29, 1.82) is 0 Å². The number of rotatable bonds is 2. The van der Waals surface area contributed by atoms with E-state index in [2.05, 4.69) is 36.1 Å². The van der Waals surface area contributed by atoms with Crippen LogP contribution in [0.4, 0.5) is 5.69 Å². The average molecular weight is 258 g/mol. The molecule has 1 aromatic carbocycles. The van der Waals surface area contributed by atoms with Crippen molar-refractivity contribution in [2.45, 2.75) is 57.5 Å². The molecule has 2 nitrogen and oxygen atoms in total. The van der Waals surface area contributed by atoms with Gasteiger partial charge in [-0.05, 0) is 50.3 Å². The lowest BCUT2D eigenvalue weighted by atomic mass is 9.92. The summed E-state index contributed by atoms with van der Waals surface area (Å²) in [5.74, 6) is 0.677. The summed E-state index contributed by atoms with van der Waals surface area (Å²) < 4.78 is 0. The van der Waals surface area contributed by atoms with E-state index in [9.17, 15) is 0 Å². The molecule has 1 heterocycles. The van der Waals surface area contributed by atoms with Crippen molar-refractivity contribution in [2.24, 2.45) is 11.7 Å².